The van der Waals surface area contributed by atoms with Crippen LogP contribution in [0.25, 0.3) is 0 Å². The van der Waals surface area contributed by atoms with Gasteiger partial charge >= 0.3 is 5.97 Å². The van der Waals surface area contributed by atoms with Crippen LogP contribution in [0.5, 0.6) is 0 Å². The van der Waals surface area contributed by atoms with Crippen molar-refractivity contribution in [1.82, 2.24) is 10.2 Å². The lowest BCUT2D eigenvalue weighted by molar-refractivity contribution is -0.148. The Balaban J connectivity index is 0. The molecule has 0 aliphatic heterocycles. The molecule has 15 heavy (non-hydrogen) atoms. The molecule has 0 heterocycles. The highest BCUT2D eigenvalue weighted by atomic mass is 35.5. The van der Waals surface area contributed by atoms with Gasteiger partial charge in [-0.25, -0.2) is 0 Å². The van der Waals surface area contributed by atoms with Crippen LogP contribution in [0.1, 0.15) is 13.3 Å². The molecule has 0 fully saturated rings. The van der Waals surface area contributed by atoms with E-state index in [0.29, 0.717) is 19.6 Å². The van der Waals surface area contributed by atoms with Crippen molar-refractivity contribution < 1.29 is 14.3 Å². The second kappa shape index (κ2) is 9.73. The molecule has 0 aliphatic rings. The second-order valence-corrected chi connectivity index (χ2v) is 2.91. The van der Waals surface area contributed by atoms with Crippen molar-refractivity contribution in [3.05, 3.63) is 0 Å². The van der Waals surface area contributed by atoms with Crippen molar-refractivity contribution in [3.8, 4) is 0 Å². The van der Waals surface area contributed by atoms with Gasteiger partial charge in [-0.15, -0.1) is 12.4 Å². The average Bonchev–Trinajstić information content (AvgIpc) is 2.14. The minimum atomic E-state index is -0.368. The summed E-state index contributed by atoms with van der Waals surface area (Å²) in [4.78, 5) is 23.7. The van der Waals surface area contributed by atoms with Gasteiger partial charge in [0.05, 0.1) is 6.61 Å². The van der Waals surface area contributed by atoms with Gasteiger partial charge in [-0.1, -0.05) is 0 Å². The second-order valence-electron chi connectivity index (χ2n) is 2.91. The highest BCUT2D eigenvalue weighted by Crippen LogP contribution is 1.91. The quantitative estimate of drug-likeness (QED) is 0.664. The van der Waals surface area contributed by atoms with E-state index in [0.717, 1.165) is 0 Å². The topological polar surface area (TPSA) is 58.6 Å². The Kier molecular flexibility index (Phi) is 10.8. The first-order valence-electron chi connectivity index (χ1n) is 4.66. The third kappa shape index (κ3) is 8.20. The fourth-order valence-electron chi connectivity index (χ4n) is 0.911. The first-order valence-corrected chi connectivity index (χ1v) is 4.66. The number of rotatable bonds is 6. The number of esters is 1. The average molecular weight is 239 g/mol. The van der Waals surface area contributed by atoms with E-state index in [4.69, 9.17) is 4.74 Å². The van der Waals surface area contributed by atoms with Crippen molar-refractivity contribution in [1.29, 1.82) is 0 Å². The fourth-order valence-corrected chi connectivity index (χ4v) is 0.911. The summed E-state index contributed by atoms with van der Waals surface area (Å²) in [5.41, 5.74) is 0. The summed E-state index contributed by atoms with van der Waals surface area (Å²) in [5, 5.41) is 2.87. The monoisotopic (exact) mass is 238 g/mol. The Morgan fingerprint density at radius 3 is 2.47 bits per heavy atom. The lowest BCUT2D eigenvalue weighted by atomic mass is 10.3. The molecule has 90 valence electrons. The minimum absolute atomic E-state index is 0. The zero-order chi connectivity index (χ0) is 11.0. The van der Waals surface area contributed by atoms with Crippen LogP contribution < -0.4 is 5.32 Å². The fraction of sp³-hybridized carbons (Fsp3) is 0.778. The van der Waals surface area contributed by atoms with Crippen LogP contribution in [-0.4, -0.2) is 50.6 Å². The van der Waals surface area contributed by atoms with Gasteiger partial charge < -0.3 is 15.0 Å². The summed E-state index contributed by atoms with van der Waals surface area (Å²) in [6.45, 7) is 2.72. The number of nitrogens with one attached hydrogen (secondary N) is 1. The van der Waals surface area contributed by atoms with Gasteiger partial charge in [-0.05, 0) is 14.0 Å². The van der Waals surface area contributed by atoms with Crippen molar-refractivity contribution >= 4 is 24.3 Å². The standard InChI is InChI=1S/C9H18N2O3.ClH/c1-4-14-9(13)7-11(3)8(12)5-6-10-2;/h10H,4-7H2,1-3H3;1H. The number of ether oxygens (including phenoxy) is 1. The van der Waals surface area contributed by atoms with E-state index in [2.05, 4.69) is 5.32 Å². The summed E-state index contributed by atoms with van der Waals surface area (Å²) in [6, 6.07) is 0. The first-order chi connectivity index (χ1) is 6.61. The number of carbonyl (C=O) groups excluding carboxylic acids is 2. The van der Waals surface area contributed by atoms with Crippen molar-refractivity contribution in [2.45, 2.75) is 13.3 Å². The predicted molar refractivity (Wildman–Crippen MR) is 60.1 cm³/mol. The van der Waals surface area contributed by atoms with Crippen LogP contribution in [0.4, 0.5) is 0 Å². The largest absolute Gasteiger partial charge is 0.465 e. The molecule has 0 unspecified atom stereocenters. The van der Waals surface area contributed by atoms with Gasteiger partial charge in [0.1, 0.15) is 6.54 Å². The molecule has 0 aliphatic carbocycles. The van der Waals surface area contributed by atoms with Crippen LogP contribution in [0.3, 0.4) is 0 Å². The molecule has 0 spiro atoms. The van der Waals surface area contributed by atoms with Crippen molar-refractivity contribution in [2.75, 3.05) is 33.8 Å². The molecule has 0 atom stereocenters. The van der Waals surface area contributed by atoms with Gasteiger partial charge in [-0.3, -0.25) is 9.59 Å². The lowest BCUT2D eigenvalue weighted by Gasteiger charge is -2.15. The number of likely N-dealkylation sites (N-methyl/N-ethyl adjacent to an activating group) is 1. The maximum atomic E-state index is 11.3. The van der Waals surface area contributed by atoms with E-state index < -0.39 is 0 Å². The molecule has 0 saturated carbocycles. The van der Waals surface area contributed by atoms with Gasteiger partial charge in [-0.2, -0.15) is 0 Å². The molecule has 1 N–H and O–H groups in total. The molecule has 1 amide bonds. The molecule has 0 aromatic rings. The number of hydrogen-bond donors (Lipinski definition) is 1. The lowest BCUT2D eigenvalue weighted by Crippen LogP contribution is -2.34. The number of nitrogens with zero attached hydrogens (tertiary/aromatic N) is 1. The molecule has 0 rings (SSSR count). The Bertz CT molecular complexity index is 200. The van der Waals surface area contributed by atoms with E-state index in [9.17, 15) is 9.59 Å². The minimum Gasteiger partial charge on any atom is -0.465 e. The first kappa shape index (κ1) is 16.6. The molecular weight excluding hydrogens is 220 g/mol. The highest BCUT2D eigenvalue weighted by molar-refractivity contribution is 5.85. The maximum absolute atomic E-state index is 11.3. The normalized spacial score (nSPS) is 9.00. The highest BCUT2D eigenvalue weighted by Gasteiger charge is 2.12. The Morgan fingerprint density at radius 2 is 2.00 bits per heavy atom. The molecule has 0 aromatic carbocycles. The summed E-state index contributed by atoms with van der Waals surface area (Å²) < 4.78 is 4.72. The number of halogens is 1. The van der Waals surface area contributed by atoms with Gasteiger partial charge in [0, 0.05) is 20.0 Å². The van der Waals surface area contributed by atoms with Gasteiger partial charge in [0.15, 0.2) is 0 Å². The summed E-state index contributed by atoms with van der Waals surface area (Å²) in [7, 11) is 3.37. The summed E-state index contributed by atoms with van der Waals surface area (Å²) in [6.07, 6.45) is 0.395. The van der Waals surface area contributed by atoms with Gasteiger partial charge in [0.25, 0.3) is 0 Å². The summed E-state index contributed by atoms with van der Waals surface area (Å²) >= 11 is 0. The van der Waals surface area contributed by atoms with E-state index in [1.165, 1.54) is 4.90 Å². The molecule has 5 nitrogen and oxygen atoms in total. The number of hydrogen-bond acceptors (Lipinski definition) is 4. The predicted octanol–water partition coefficient (Wildman–Crippen LogP) is 0.0392. The smallest absolute Gasteiger partial charge is 0.325 e. The third-order valence-electron chi connectivity index (χ3n) is 1.69. The Hall–Kier alpha value is -0.810. The zero-order valence-electron chi connectivity index (χ0n) is 9.41. The van der Waals surface area contributed by atoms with Crippen LogP contribution in [-0.2, 0) is 14.3 Å². The molecule has 0 radical (unpaired) electrons. The molecule has 6 heteroatoms. The van der Waals surface area contributed by atoms with Crippen LogP contribution in [0.15, 0.2) is 0 Å². The van der Waals surface area contributed by atoms with Crippen LogP contribution in [0.2, 0.25) is 0 Å². The van der Waals surface area contributed by atoms with Crippen molar-refractivity contribution in [3.63, 3.8) is 0 Å². The van der Waals surface area contributed by atoms with E-state index in [1.54, 1.807) is 21.0 Å². The van der Waals surface area contributed by atoms with E-state index >= 15 is 0 Å². The number of carbonyl (C=O) groups is 2. The Labute approximate surface area is 96.6 Å². The zero-order valence-corrected chi connectivity index (χ0v) is 10.2. The van der Waals surface area contributed by atoms with Crippen molar-refractivity contribution in [2.24, 2.45) is 0 Å². The van der Waals surface area contributed by atoms with Crippen LogP contribution in [0, 0.1) is 0 Å². The van der Waals surface area contributed by atoms with Gasteiger partial charge in [0.2, 0.25) is 5.91 Å². The summed E-state index contributed by atoms with van der Waals surface area (Å²) in [5.74, 6) is -0.430. The molecule has 0 saturated heterocycles. The molecular formula is C9H19ClN2O3. The van der Waals surface area contributed by atoms with Crippen LogP contribution >= 0.6 is 12.4 Å². The molecule has 0 bridgehead atoms. The number of amides is 1. The Morgan fingerprint density at radius 1 is 1.40 bits per heavy atom. The van der Waals surface area contributed by atoms with E-state index in [-0.39, 0.29) is 30.8 Å². The maximum Gasteiger partial charge on any atom is 0.325 e. The SMILES string of the molecule is CCOC(=O)CN(C)C(=O)CCNC.Cl. The third-order valence-corrected chi connectivity index (χ3v) is 1.69. The van der Waals surface area contributed by atoms with E-state index in [1.807, 2.05) is 0 Å². The molecule has 0 aromatic heterocycles.